The maximum atomic E-state index is 12.6. The van der Waals surface area contributed by atoms with Gasteiger partial charge in [-0.15, -0.1) is 0 Å². The van der Waals surface area contributed by atoms with Gasteiger partial charge in [-0.2, -0.15) is 0 Å². The molecule has 4 rings (SSSR count). The molecule has 3 aromatic rings. The smallest absolute Gasteiger partial charge is 0.239 e. The molecule has 0 bridgehead atoms. The largest absolute Gasteiger partial charge is 0.368 e. The second-order valence-electron chi connectivity index (χ2n) is 9.05. The number of amides is 1. The van der Waals surface area contributed by atoms with Crippen molar-refractivity contribution in [2.75, 3.05) is 26.2 Å². The third-order valence-corrected chi connectivity index (χ3v) is 6.91. The fraction of sp³-hybridized carbons (Fsp3) is 0.321. The number of aryl methyl sites for hydroxylation is 3. The average Bonchev–Trinajstić information content (AvgIpc) is 2.79. The first-order chi connectivity index (χ1) is 15.8. The Morgan fingerprint density at radius 3 is 1.88 bits per heavy atom. The van der Waals surface area contributed by atoms with Gasteiger partial charge >= 0.3 is 0 Å². The molecule has 2 N–H and O–H groups in total. The highest BCUT2D eigenvalue weighted by atomic mass is 35.5. The molecular formula is C28H32ClN3O. The van der Waals surface area contributed by atoms with Gasteiger partial charge in [0.05, 0.1) is 6.04 Å². The molecule has 5 heteroatoms. The lowest BCUT2D eigenvalue weighted by atomic mass is 9.92. The first-order valence-corrected chi connectivity index (χ1v) is 11.9. The Morgan fingerprint density at radius 2 is 1.33 bits per heavy atom. The normalized spacial score (nSPS) is 17.0. The Labute approximate surface area is 202 Å². The molecule has 1 fully saturated rings. The maximum absolute atomic E-state index is 12.6. The van der Waals surface area contributed by atoms with Gasteiger partial charge in [-0.1, -0.05) is 71.8 Å². The van der Waals surface area contributed by atoms with Crippen molar-refractivity contribution in [3.63, 3.8) is 0 Å². The van der Waals surface area contributed by atoms with Crippen LogP contribution >= 0.6 is 11.6 Å². The van der Waals surface area contributed by atoms with Crippen LogP contribution in [0.4, 0.5) is 0 Å². The van der Waals surface area contributed by atoms with Crippen LogP contribution in [0.2, 0.25) is 5.02 Å². The molecule has 172 valence electrons. The molecule has 3 aromatic carbocycles. The van der Waals surface area contributed by atoms with Gasteiger partial charge in [-0.3, -0.25) is 14.6 Å². The third-order valence-electron chi connectivity index (χ3n) is 6.66. The number of primary amides is 1. The van der Waals surface area contributed by atoms with Crippen LogP contribution in [0.1, 0.15) is 45.5 Å². The Kier molecular flexibility index (Phi) is 7.18. The molecule has 1 saturated heterocycles. The number of benzene rings is 3. The lowest BCUT2D eigenvalue weighted by molar-refractivity contribution is -0.124. The number of nitrogens with two attached hydrogens (primary N) is 1. The molecule has 2 atom stereocenters. The molecule has 1 heterocycles. The lowest BCUT2D eigenvalue weighted by Gasteiger charge is -2.42. The van der Waals surface area contributed by atoms with E-state index in [1.807, 2.05) is 18.2 Å². The number of piperazine rings is 1. The third kappa shape index (κ3) is 5.14. The Hall–Kier alpha value is -2.66. The Bertz CT molecular complexity index is 1080. The summed E-state index contributed by atoms with van der Waals surface area (Å²) in [6.07, 6.45) is 0. The van der Waals surface area contributed by atoms with E-state index in [1.165, 1.54) is 16.7 Å². The fourth-order valence-corrected chi connectivity index (χ4v) is 5.40. The monoisotopic (exact) mass is 461 g/mol. The van der Waals surface area contributed by atoms with Gasteiger partial charge in [-0.25, -0.2) is 0 Å². The molecule has 2 unspecified atom stereocenters. The van der Waals surface area contributed by atoms with E-state index in [0.717, 1.165) is 47.9 Å². The van der Waals surface area contributed by atoms with Crippen molar-refractivity contribution in [1.82, 2.24) is 9.80 Å². The van der Waals surface area contributed by atoms with E-state index >= 15 is 0 Å². The van der Waals surface area contributed by atoms with Gasteiger partial charge in [0.2, 0.25) is 5.91 Å². The zero-order valence-corrected chi connectivity index (χ0v) is 20.3. The summed E-state index contributed by atoms with van der Waals surface area (Å²) < 4.78 is 0. The van der Waals surface area contributed by atoms with Crippen LogP contribution in [-0.4, -0.2) is 41.9 Å². The highest BCUT2D eigenvalue weighted by molar-refractivity contribution is 6.30. The van der Waals surface area contributed by atoms with Gasteiger partial charge < -0.3 is 5.73 Å². The Balaban J connectivity index is 1.59. The van der Waals surface area contributed by atoms with Crippen LogP contribution < -0.4 is 5.73 Å². The van der Waals surface area contributed by atoms with E-state index in [1.54, 1.807) is 0 Å². The number of carbonyl (C=O) groups excluding carboxylic acids is 1. The van der Waals surface area contributed by atoms with Gasteiger partial charge in [-0.05, 0) is 60.7 Å². The van der Waals surface area contributed by atoms with Crippen LogP contribution in [0.3, 0.4) is 0 Å². The van der Waals surface area contributed by atoms with Gasteiger partial charge in [0.1, 0.15) is 6.04 Å². The predicted molar refractivity (Wildman–Crippen MR) is 135 cm³/mol. The molecule has 0 radical (unpaired) electrons. The van der Waals surface area contributed by atoms with Crippen LogP contribution in [0.15, 0.2) is 66.7 Å². The minimum absolute atomic E-state index is 0.139. The molecule has 0 aromatic heterocycles. The SMILES string of the molecule is Cc1cc(C)c(C(C(N)=O)N2CCN(C(c3ccccc3)c3ccc(Cl)cc3)CC2)c(C)c1. The first-order valence-electron chi connectivity index (χ1n) is 11.5. The summed E-state index contributed by atoms with van der Waals surface area (Å²) in [6, 6.07) is 22.7. The van der Waals surface area contributed by atoms with Crippen LogP contribution in [-0.2, 0) is 4.79 Å². The molecular weight excluding hydrogens is 430 g/mol. The molecule has 4 nitrogen and oxygen atoms in total. The lowest BCUT2D eigenvalue weighted by Crippen LogP contribution is -2.51. The summed E-state index contributed by atoms with van der Waals surface area (Å²) in [7, 11) is 0. The molecule has 33 heavy (non-hydrogen) atoms. The van der Waals surface area contributed by atoms with Crippen LogP contribution in [0.5, 0.6) is 0 Å². The standard InChI is InChI=1S/C28H32ClN3O/c1-19-17-20(2)25(21(3)18-19)27(28(30)33)32-15-13-31(14-16-32)26(22-7-5-4-6-8-22)23-9-11-24(29)12-10-23/h4-12,17-18,26-27H,13-16H2,1-3H3,(H2,30,33). The highest BCUT2D eigenvalue weighted by Gasteiger charge is 2.33. The number of hydrogen-bond donors (Lipinski definition) is 1. The quantitative estimate of drug-likeness (QED) is 0.549. The van der Waals surface area contributed by atoms with Crippen molar-refractivity contribution in [1.29, 1.82) is 0 Å². The summed E-state index contributed by atoms with van der Waals surface area (Å²) in [5.41, 5.74) is 12.9. The summed E-state index contributed by atoms with van der Waals surface area (Å²) in [5.74, 6) is -0.282. The van der Waals surface area contributed by atoms with E-state index in [9.17, 15) is 4.79 Å². The second-order valence-corrected chi connectivity index (χ2v) is 9.49. The van der Waals surface area contributed by atoms with Gasteiger partial charge in [0.25, 0.3) is 0 Å². The molecule has 0 saturated carbocycles. The zero-order valence-electron chi connectivity index (χ0n) is 19.6. The molecule has 0 aliphatic carbocycles. The maximum Gasteiger partial charge on any atom is 0.239 e. The van der Waals surface area contributed by atoms with Gasteiger partial charge in [0.15, 0.2) is 0 Å². The minimum atomic E-state index is -0.404. The number of halogens is 1. The zero-order chi connectivity index (χ0) is 23.5. The fourth-order valence-electron chi connectivity index (χ4n) is 5.28. The van der Waals surface area contributed by atoms with Crippen molar-refractivity contribution >= 4 is 17.5 Å². The first kappa shape index (κ1) is 23.5. The van der Waals surface area contributed by atoms with Crippen molar-refractivity contribution < 1.29 is 4.79 Å². The summed E-state index contributed by atoms with van der Waals surface area (Å²) in [4.78, 5) is 17.4. The number of rotatable bonds is 6. The van der Waals surface area contributed by atoms with E-state index in [-0.39, 0.29) is 11.9 Å². The van der Waals surface area contributed by atoms with E-state index < -0.39 is 6.04 Å². The van der Waals surface area contributed by atoms with Crippen molar-refractivity contribution in [2.24, 2.45) is 5.73 Å². The summed E-state index contributed by atoms with van der Waals surface area (Å²) >= 11 is 6.16. The topological polar surface area (TPSA) is 49.6 Å². The van der Waals surface area contributed by atoms with Crippen molar-refractivity contribution in [3.8, 4) is 0 Å². The second kappa shape index (κ2) is 10.1. The van der Waals surface area contributed by atoms with Crippen LogP contribution in [0, 0.1) is 20.8 Å². The van der Waals surface area contributed by atoms with E-state index in [2.05, 4.69) is 79.1 Å². The van der Waals surface area contributed by atoms with E-state index in [4.69, 9.17) is 17.3 Å². The Morgan fingerprint density at radius 1 is 0.818 bits per heavy atom. The van der Waals surface area contributed by atoms with Gasteiger partial charge in [0, 0.05) is 31.2 Å². The predicted octanol–water partition coefficient (Wildman–Crippen LogP) is 5.20. The molecule has 1 aliphatic rings. The number of nitrogens with zero attached hydrogens (tertiary/aromatic N) is 2. The molecule has 1 aliphatic heterocycles. The summed E-state index contributed by atoms with van der Waals surface area (Å²) in [5, 5.41) is 0.739. The number of hydrogen-bond acceptors (Lipinski definition) is 3. The minimum Gasteiger partial charge on any atom is -0.368 e. The van der Waals surface area contributed by atoms with Crippen molar-refractivity contribution in [3.05, 3.63) is 105 Å². The van der Waals surface area contributed by atoms with E-state index in [0.29, 0.717) is 0 Å². The average molecular weight is 462 g/mol. The summed E-state index contributed by atoms with van der Waals surface area (Å²) in [6.45, 7) is 9.48. The van der Waals surface area contributed by atoms with Crippen molar-refractivity contribution in [2.45, 2.75) is 32.9 Å². The highest BCUT2D eigenvalue weighted by Crippen LogP contribution is 2.33. The number of carbonyl (C=O) groups is 1. The molecule has 0 spiro atoms. The van der Waals surface area contributed by atoms with Crippen LogP contribution in [0.25, 0.3) is 0 Å². The molecule has 1 amide bonds.